The fraction of sp³-hybridized carbons (Fsp3) is 0.318. The van der Waals surface area contributed by atoms with Gasteiger partial charge in [0.25, 0.3) is 0 Å². The van der Waals surface area contributed by atoms with Crippen LogP contribution in [0.5, 0.6) is 0 Å². The third kappa shape index (κ3) is 5.42. The van der Waals surface area contributed by atoms with Crippen LogP contribution < -0.4 is 0 Å². The number of carbonyl (C=O) groups is 1. The number of esters is 1. The molecule has 0 amide bonds. The molecular formula is C22H24O5. The van der Waals surface area contributed by atoms with E-state index in [1.165, 1.54) is 13.2 Å². The molecule has 142 valence electrons. The van der Waals surface area contributed by atoms with Crippen molar-refractivity contribution in [2.45, 2.75) is 45.4 Å². The monoisotopic (exact) mass is 368 g/mol. The Morgan fingerprint density at radius 1 is 0.926 bits per heavy atom. The van der Waals surface area contributed by atoms with Crippen molar-refractivity contribution >= 4 is 5.97 Å². The molecule has 2 aromatic carbocycles. The van der Waals surface area contributed by atoms with Crippen molar-refractivity contribution in [3.8, 4) is 0 Å². The normalized spacial score (nSPS) is 21.9. The SMILES string of the molecule is CC(=O)OC1=CO[C@@H](C)[C@H](OCc2ccccc2)[C@H]1OCc1ccccc1. The van der Waals surface area contributed by atoms with Crippen LogP contribution in [0.4, 0.5) is 0 Å². The first-order valence-corrected chi connectivity index (χ1v) is 8.98. The summed E-state index contributed by atoms with van der Waals surface area (Å²) in [4.78, 5) is 11.5. The molecule has 0 saturated carbocycles. The molecule has 0 bridgehead atoms. The highest BCUT2D eigenvalue weighted by atomic mass is 16.6. The van der Waals surface area contributed by atoms with E-state index in [9.17, 15) is 4.79 Å². The van der Waals surface area contributed by atoms with Crippen LogP contribution >= 0.6 is 0 Å². The largest absolute Gasteiger partial charge is 0.492 e. The van der Waals surface area contributed by atoms with Gasteiger partial charge in [-0.2, -0.15) is 0 Å². The lowest BCUT2D eigenvalue weighted by Gasteiger charge is -2.35. The van der Waals surface area contributed by atoms with E-state index >= 15 is 0 Å². The van der Waals surface area contributed by atoms with Crippen molar-refractivity contribution in [2.24, 2.45) is 0 Å². The maximum Gasteiger partial charge on any atom is 0.307 e. The highest BCUT2D eigenvalue weighted by Gasteiger charge is 2.38. The Morgan fingerprint density at radius 2 is 1.48 bits per heavy atom. The Balaban J connectivity index is 1.74. The standard InChI is InChI=1S/C22H24O5/c1-16-21(25-13-18-9-5-3-6-10-18)22(20(15-24-16)27-17(2)23)26-14-19-11-7-4-8-12-19/h3-12,15-16,21-22H,13-14H2,1-2H3/t16-,21-,22-/m0/s1. The van der Waals surface area contributed by atoms with Crippen LogP contribution in [0, 0.1) is 0 Å². The van der Waals surface area contributed by atoms with Crippen molar-refractivity contribution in [1.82, 2.24) is 0 Å². The van der Waals surface area contributed by atoms with Crippen LogP contribution in [0.1, 0.15) is 25.0 Å². The first-order chi connectivity index (χ1) is 13.1. The zero-order valence-corrected chi connectivity index (χ0v) is 15.5. The lowest BCUT2D eigenvalue weighted by Crippen LogP contribution is -2.45. The van der Waals surface area contributed by atoms with E-state index in [4.69, 9.17) is 18.9 Å². The quantitative estimate of drug-likeness (QED) is 0.692. The summed E-state index contributed by atoms with van der Waals surface area (Å²) < 4.78 is 23.2. The molecule has 0 fully saturated rings. The molecule has 2 aromatic rings. The molecule has 1 aliphatic rings. The highest BCUT2D eigenvalue weighted by molar-refractivity contribution is 5.67. The van der Waals surface area contributed by atoms with E-state index in [1.807, 2.05) is 67.6 Å². The second kappa shape index (κ2) is 9.35. The summed E-state index contributed by atoms with van der Waals surface area (Å²) in [6.45, 7) is 4.06. The minimum absolute atomic E-state index is 0.242. The van der Waals surface area contributed by atoms with E-state index in [2.05, 4.69) is 0 Å². The molecule has 1 heterocycles. The molecule has 0 spiro atoms. The Morgan fingerprint density at radius 3 is 2.04 bits per heavy atom. The average molecular weight is 368 g/mol. The summed E-state index contributed by atoms with van der Waals surface area (Å²) in [5.41, 5.74) is 2.08. The van der Waals surface area contributed by atoms with Gasteiger partial charge in [0.2, 0.25) is 0 Å². The fourth-order valence-electron chi connectivity index (χ4n) is 2.90. The van der Waals surface area contributed by atoms with Gasteiger partial charge in [0, 0.05) is 6.92 Å². The van der Waals surface area contributed by atoms with Gasteiger partial charge in [-0.15, -0.1) is 0 Å². The molecule has 5 heteroatoms. The van der Waals surface area contributed by atoms with Gasteiger partial charge >= 0.3 is 5.97 Å². The highest BCUT2D eigenvalue weighted by Crippen LogP contribution is 2.27. The molecule has 0 aliphatic carbocycles. The Bertz CT molecular complexity index is 757. The van der Waals surface area contributed by atoms with Gasteiger partial charge < -0.3 is 18.9 Å². The maximum atomic E-state index is 11.5. The number of carbonyl (C=O) groups excluding carboxylic acids is 1. The molecule has 0 N–H and O–H groups in total. The zero-order valence-electron chi connectivity index (χ0n) is 15.5. The van der Waals surface area contributed by atoms with Gasteiger partial charge in [0.05, 0.1) is 13.2 Å². The first-order valence-electron chi connectivity index (χ1n) is 8.98. The van der Waals surface area contributed by atoms with E-state index in [-0.39, 0.29) is 6.10 Å². The van der Waals surface area contributed by atoms with E-state index in [1.54, 1.807) is 0 Å². The van der Waals surface area contributed by atoms with Crippen LogP contribution in [0.3, 0.4) is 0 Å². The molecule has 3 rings (SSSR count). The average Bonchev–Trinajstić information content (AvgIpc) is 2.68. The summed E-state index contributed by atoms with van der Waals surface area (Å²) in [5.74, 6) is -0.0934. The number of hydrogen-bond acceptors (Lipinski definition) is 5. The summed E-state index contributed by atoms with van der Waals surface area (Å²) in [5, 5.41) is 0. The molecule has 1 aliphatic heterocycles. The van der Waals surface area contributed by atoms with Crippen LogP contribution in [0.2, 0.25) is 0 Å². The molecule has 0 saturated heterocycles. The number of hydrogen-bond donors (Lipinski definition) is 0. The maximum absolute atomic E-state index is 11.5. The Hall–Kier alpha value is -2.63. The van der Waals surface area contributed by atoms with Gasteiger partial charge in [-0.1, -0.05) is 60.7 Å². The number of benzene rings is 2. The van der Waals surface area contributed by atoms with Crippen molar-refractivity contribution in [3.63, 3.8) is 0 Å². The molecule has 27 heavy (non-hydrogen) atoms. The van der Waals surface area contributed by atoms with Crippen LogP contribution in [-0.4, -0.2) is 24.3 Å². The summed E-state index contributed by atoms with van der Waals surface area (Å²) >= 11 is 0. The van der Waals surface area contributed by atoms with E-state index in [0.717, 1.165) is 11.1 Å². The molecule has 5 nitrogen and oxygen atoms in total. The third-order valence-electron chi connectivity index (χ3n) is 4.26. The summed E-state index contributed by atoms with van der Waals surface area (Å²) in [7, 11) is 0. The fourth-order valence-corrected chi connectivity index (χ4v) is 2.90. The molecule has 0 radical (unpaired) electrons. The van der Waals surface area contributed by atoms with Crippen LogP contribution in [0.15, 0.2) is 72.7 Å². The van der Waals surface area contributed by atoms with E-state index in [0.29, 0.717) is 19.0 Å². The van der Waals surface area contributed by atoms with Gasteiger partial charge in [-0.25, -0.2) is 0 Å². The van der Waals surface area contributed by atoms with Gasteiger partial charge in [0.1, 0.15) is 24.6 Å². The van der Waals surface area contributed by atoms with Gasteiger partial charge in [0.15, 0.2) is 5.76 Å². The van der Waals surface area contributed by atoms with Crippen LogP contribution in [-0.2, 0) is 37.0 Å². The summed E-state index contributed by atoms with van der Waals surface area (Å²) in [6.07, 6.45) is 0.257. The predicted molar refractivity (Wildman–Crippen MR) is 100 cm³/mol. The molecule has 0 aromatic heterocycles. The molecular weight excluding hydrogens is 344 g/mol. The molecule has 0 unspecified atom stereocenters. The Kier molecular flexibility index (Phi) is 6.63. The van der Waals surface area contributed by atoms with Crippen molar-refractivity contribution in [3.05, 3.63) is 83.8 Å². The lowest BCUT2D eigenvalue weighted by molar-refractivity contribution is -0.160. The lowest BCUT2D eigenvalue weighted by atomic mass is 10.0. The van der Waals surface area contributed by atoms with Crippen LogP contribution in [0.25, 0.3) is 0 Å². The topological polar surface area (TPSA) is 54.0 Å². The first kappa shape index (κ1) is 19.1. The number of ether oxygens (including phenoxy) is 4. The zero-order chi connectivity index (χ0) is 19.1. The number of rotatable bonds is 7. The van der Waals surface area contributed by atoms with Gasteiger partial charge in [-0.05, 0) is 18.1 Å². The van der Waals surface area contributed by atoms with Crippen molar-refractivity contribution < 1.29 is 23.7 Å². The summed E-state index contributed by atoms with van der Waals surface area (Å²) in [6, 6.07) is 19.7. The smallest absolute Gasteiger partial charge is 0.307 e. The second-order valence-corrected chi connectivity index (χ2v) is 6.43. The predicted octanol–water partition coefficient (Wildman–Crippen LogP) is 3.98. The Labute approximate surface area is 159 Å². The van der Waals surface area contributed by atoms with Crippen molar-refractivity contribution in [2.75, 3.05) is 0 Å². The minimum atomic E-state index is -0.540. The van der Waals surface area contributed by atoms with E-state index < -0.39 is 18.2 Å². The second-order valence-electron chi connectivity index (χ2n) is 6.43. The minimum Gasteiger partial charge on any atom is -0.492 e. The molecule has 3 atom stereocenters. The third-order valence-corrected chi connectivity index (χ3v) is 4.26. The van der Waals surface area contributed by atoms with Crippen molar-refractivity contribution in [1.29, 1.82) is 0 Å². The van der Waals surface area contributed by atoms with Gasteiger partial charge in [-0.3, -0.25) is 4.79 Å².